The highest BCUT2D eigenvalue weighted by Crippen LogP contribution is 2.20. The molecule has 1 atom stereocenters. The number of halogens is 1. The van der Waals surface area contributed by atoms with Gasteiger partial charge < -0.3 is 10.1 Å². The van der Waals surface area contributed by atoms with E-state index in [-0.39, 0.29) is 11.9 Å². The van der Waals surface area contributed by atoms with Crippen molar-refractivity contribution in [3.8, 4) is 0 Å². The number of carbonyl (C=O) groups is 1. The Bertz CT molecular complexity index is 455. The molecular formula is C15H20BrNO2. The van der Waals surface area contributed by atoms with E-state index >= 15 is 0 Å². The fraction of sp³-hybridized carbons (Fsp3) is 0.533. The van der Waals surface area contributed by atoms with Crippen molar-refractivity contribution in [3.05, 3.63) is 33.8 Å². The molecule has 1 aliphatic heterocycles. The van der Waals surface area contributed by atoms with Crippen LogP contribution in [0.5, 0.6) is 0 Å². The van der Waals surface area contributed by atoms with E-state index < -0.39 is 0 Å². The lowest BCUT2D eigenvalue weighted by molar-refractivity contribution is 0.0538. The highest BCUT2D eigenvalue weighted by Gasteiger charge is 2.22. The molecule has 104 valence electrons. The van der Waals surface area contributed by atoms with Gasteiger partial charge in [0, 0.05) is 29.3 Å². The predicted molar refractivity (Wildman–Crippen MR) is 79.4 cm³/mol. The monoisotopic (exact) mass is 325 g/mol. The zero-order chi connectivity index (χ0) is 13.8. The number of amides is 1. The molecule has 0 saturated carbocycles. The average molecular weight is 326 g/mol. The Hall–Kier alpha value is -0.870. The predicted octanol–water partition coefficient (Wildman–Crippen LogP) is 3.30. The molecule has 0 radical (unpaired) electrons. The Morgan fingerprint density at radius 3 is 2.74 bits per heavy atom. The Balaban J connectivity index is 1.97. The van der Waals surface area contributed by atoms with Gasteiger partial charge in [-0.15, -0.1) is 0 Å². The van der Waals surface area contributed by atoms with Crippen molar-refractivity contribution in [2.24, 2.45) is 5.92 Å². The van der Waals surface area contributed by atoms with Crippen LogP contribution >= 0.6 is 15.9 Å². The lowest BCUT2D eigenvalue weighted by Crippen LogP contribution is -2.40. The lowest BCUT2D eigenvalue weighted by atomic mass is 9.92. The molecule has 1 aromatic rings. The third kappa shape index (κ3) is 3.80. The Morgan fingerprint density at radius 1 is 1.42 bits per heavy atom. The lowest BCUT2D eigenvalue weighted by Gasteiger charge is -2.28. The van der Waals surface area contributed by atoms with Crippen molar-refractivity contribution >= 4 is 21.8 Å². The van der Waals surface area contributed by atoms with Crippen LogP contribution in [0.2, 0.25) is 0 Å². The fourth-order valence-electron chi connectivity index (χ4n) is 2.41. The third-order valence-corrected chi connectivity index (χ3v) is 4.64. The summed E-state index contributed by atoms with van der Waals surface area (Å²) in [5, 5.41) is 3.10. The van der Waals surface area contributed by atoms with Crippen LogP contribution in [0.15, 0.2) is 22.7 Å². The topological polar surface area (TPSA) is 38.3 Å². The second-order valence-electron chi connectivity index (χ2n) is 5.18. The quantitative estimate of drug-likeness (QED) is 0.925. The van der Waals surface area contributed by atoms with Crippen molar-refractivity contribution in [2.75, 3.05) is 13.2 Å². The van der Waals surface area contributed by atoms with E-state index in [2.05, 4.69) is 28.2 Å². The van der Waals surface area contributed by atoms with Crippen LogP contribution in [0.25, 0.3) is 0 Å². The average Bonchev–Trinajstić information content (AvgIpc) is 2.42. The van der Waals surface area contributed by atoms with Gasteiger partial charge in [-0.2, -0.15) is 0 Å². The number of hydrogen-bond donors (Lipinski definition) is 1. The van der Waals surface area contributed by atoms with Crippen LogP contribution in [0.1, 0.15) is 35.7 Å². The summed E-state index contributed by atoms with van der Waals surface area (Å²) in [6, 6.07) is 5.88. The van der Waals surface area contributed by atoms with E-state index in [0.29, 0.717) is 5.92 Å². The molecule has 2 rings (SSSR count). The van der Waals surface area contributed by atoms with E-state index in [4.69, 9.17) is 4.74 Å². The van der Waals surface area contributed by atoms with Crippen LogP contribution in [0.4, 0.5) is 0 Å². The molecule has 1 amide bonds. The normalized spacial score (nSPS) is 18.1. The van der Waals surface area contributed by atoms with Gasteiger partial charge >= 0.3 is 0 Å². The molecule has 1 aromatic carbocycles. The number of hydrogen-bond acceptors (Lipinski definition) is 2. The van der Waals surface area contributed by atoms with Crippen LogP contribution in [-0.2, 0) is 4.74 Å². The SMILES string of the molecule is Cc1cc(C(=O)NC(C)C2CCOCC2)ccc1Br. The number of rotatable bonds is 3. The van der Waals surface area contributed by atoms with Gasteiger partial charge in [-0.05, 0) is 56.4 Å². The second kappa shape index (κ2) is 6.53. The first-order chi connectivity index (χ1) is 9.08. The molecule has 1 heterocycles. The maximum atomic E-state index is 12.2. The van der Waals surface area contributed by atoms with Crippen molar-refractivity contribution < 1.29 is 9.53 Å². The van der Waals surface area contributed by atoms with Gasteiger partial charge in [-0.1, -0.05) is 15.9 Å². The van der Waals surface area contributed by atoms with Gasteiger partial charge in [0.05, 0.1) is 0 Å². The summed E-state index contributed by atoms with van der Waals surface area (Å²) in [7, 11) is 0. The number of carbonyl (C=O) groups excluding carboxylic acids is 1. The van der Waals surface area contributed by atoms with Gasteiger partial charge in [-0.25, -0.2) is 0 Å². The summed E-state index contributed by atoms with van der Waals surface area (Å²) < 4.78 is 6.38. The Labute approximate surface area is 122 Å². The first-order valence-electron chi connectivity index (χ1n) is 6.72. The minimum atomic E-state index is 0.00888. The van der Waals surface area contributed by atoms with Crippen molar-refractivity contribution in [1.82, 2.24) is 5.32 Å². The molecule has 1 saturated heterocycles. The summed E-state index contributed by atoms with van der Waals surface area (Å²) in [5.74, 6) is 0.531. The smallest absolute Gasteiger partial charge is 0.251 e. The molecule has 3 nitrogen and oxygen atoms in total. The van der Waals surface area contributed by atoms with E-state index in [1.165, 1.54) is 0 Å². The first-order valence-corrected chi connectivity index (χ1v) is 7.52. The van der Waals surface area contributed by atoms with Gasteiger partial charge in [0.1, 0.15) is 0 Å². The summed E-state index contributed by atoms with van der Waals surface area (Å²) in [6.07, 6.45) is 2.06. The van der Waals surface area contributed by atoms with Crippen LogP contribution in [0, 0.1) is 12.8 Å². The van der Waals surface area contributed by atoms with E-state index in [1.807, 2.05) is 25.1 Å². The zero-order valence-corrected chi connectivity index (χ0v) is 13.0. The molecule has 1 unspecified atom stereocenters. The van der Waals surface area contributed by atoms with Crippen molar-refractivity contribution in [3.63, 3.8) is 0 Å². The minimum absolute atomic E-state index is 0.00888. The number of aryl methyl sites for hydroxylation is 1. The van der Waals surface area contributed by atoms with Crippen LogP contribution < -0.4 is 5.32 Å². The summed E-state index contributed by atoms with van der Waals surface area (Å²) >= 11 is 3.45. The molecule has 4 heteroatoms. The second-order valence-corrected chi connectivity index (χ2v) is 6.03. The summed E-state index contributed by atoms with van der Waals surface area (Å²) in [5.41, 5.74) is 1.80. The molecule has 0 bridgehead atoms. The van der Waals surface area contributed by atoms with Gasteiger partial charge in [0.15, 0.2) is 0 Å². The van der Waals surface area contributed by atoms with E-state index in [0.717, 1.165) is 41.7 Å². The van der Waals surface area contributed by atoms with Crippen molar-refractivity contribution in [1.29, 1.82) is 0 Å². The van der Waals surface area contributed by atoms with E-state index in [9.17, 15) is 4.79 Å². The number of benzene rings is 1. The largest absolute Gasteiger partial charge is 0.381 e. The maximum Gasteiger partial charge on any atom is 0.251 e. The molecular weight excluding hydrogens is 306 g/mol. The molecule has 0 aliphatic carbocycles. The molecule has 1 fully saturated rings. The Morgan fingerprint density at radius 2 is 2.11 bits per heavy atom. The highest BCUT2D eigenvalue weighted by molar-refractivity contribution is 9.10. The number of nitrogens with one attached hydrogen (secondary N) is 1. The van der Waals surface area contributed by atoms with Crippen LogP contribution in [0.3, 0.4) is 0 Å². The van der Waals surface area contributed by atoms with Gasteiger partial charge in [0.25, 0.3) is 5.91 Å². The first kappa shape index (κ1) is 14.5. The highest BCUT2D eigenvalue weighted by atomic mass is 79.9. The summed E-state index contributed by atoms with van der Waals surface area (Å²) in [4.78, 5) is 12.2. The van der Waals surface area contributed by atoms with Gasteiger partial charge in [-0.3, -0.25) is 4.79 Å². The van der Waals surface area contributed by atoms with Crippen LogP contribution in [-0.4, -0.2) is 25.2 Å². The minimum Gasteiger partial charge on any atom is -0.381 e. The zero-order valence-electron chi connectivity index (χ0n) is 11.4. The molecule has 1 aliphatic rings. The Kier molecular flexibility index (Phi) is 4.99. The molecule has 1 N–H and O–H groups in total. The maximum absolute atomic E-state index is 12.2. The van der Waals surface area contributed by atoms with Crippen molar-refractivity contribution in [2.45, 2.75) is 32.7 Å². The number of ether oxygens (including phenoxy) is 1. The fourth-order valence-corrected chi connectivity index (χ4v) is 2.66. The third-order valence-electron chi connectivity index (χ3n) is 3.75. The summed E-state index contributed by atoms with van der Waals surface area (Å²) in [6.45, 7) is 5.69. The standard InChI is InChI=1S/C15H20BrNO2/c1-10-9-13(3-4-14(10)16)15(18)17-11(2)12-5-7-19-8-6-12/h3-4,9,11-12H,5-8H2,1-2H3,(H,17,18). The van der Waals surface area contributed by atoms with E-state index in [1.54, 1.807) is 0 Å². The molecule has 0 spiro atoms. The molecule has 19 heavy (non-hydrogen) atoms. The van der Waals surface area contributed by atoms with Gasteiger partial charge in [0.2, 0.25) is 0 Å². The molecule has 0 aromatic heterocycles.